The normalized spacial score (nSPS) is 11.6. The standard InChI is InChI=1S/C19H22ClNO4/c1-5-24-17-9-7-15(11-18(17)23-4)21-19(22)13(3)25-16-8-6-14(20)10-12(16)2/h6-11,13H,5H2,1-4H3,(H,21,22). The van der Waals surface area contributed by atoms with E-state index in [1.807, 2.05) is 13.8 Å². The number of anilines is 1. The molecule has 0 aliphatic carbocycles. The molecule has 6 heteroatoms. The van der Waals surface area contributed by atoms with Crippen LogP contribution in [0, 0.1) is 6.92 Å². The molecule has 2 rings (SSSR count). The summed E-state index contributed by atoms with van der Waals surface area (Å²) >= 11 is 5.93. The maximum absolute atomic E-state index is 12.4. The van der Waals surface area contributed by atoms with E-state index in [0.29, 0.717) is 34.6 Å². The van der Waals surface area contributed by atoms with Crippen molar-refractivity contribution in [3.8, 4) is 17.2 Å². The summed E-state index contributed by atoms with van der Waals surface area (Å²) in [6.45, 7) is 6.00. The Morgan fingerprint density at radius 3 is 2.52 bits per heavy atom. The highest BCUT2D eigenvalue weighted by Crippen LogP contribution is 2.30. The summed E-state index contributed by atoms with van der Waals surface area (Å²) in [5.41, 5.74) is 1.48. The number of ether oxygens (including phenoxy) is 3. The highest BCUT2D eigenvalue weighted by molar-refractivity contribution is 6.30. The molecule has 2 aromatic carbocycles. The molecule has 0 spiro atoms. The van der Waals surface area contributed by atoms with E-state index in [0.717, 1.165) is 5.56 Å². The molecule has 0 bridgehead atoms. The highest BCUT2D eigenvalue weighted by Gasteiger charge is 2.17. The molecule has 134 valence electrons. The fourth-order valence-corrected chi connectivity index (χ4v) is 2.48. The van der Waals surface area contributed by atoms with Gasteiger partial charge in [-0.1, -0.05) is 11.6 Å². The van der Waals surface area contributed by atoms with Gasteiger partial charge in [0.2, 0.25) is 0 Å². The van der Waals surface area contributed by atoms with Crippen LogP contribution in [0.5, 0.6) is 17.2 Å². The molecule has 1 amide bonds. The lowest BCUT2D eigenvalue weighted by Crippen LogP contribution is -2.30. The molecule has 0 fully saturated rings. The predicted octanol–water partition coefficient (Wildman–Crippen LogP) is 4.46. The van der Waals surface area contributed by atoms with Crippen LogP contribution in [0.1, 0.15) is 19.4 Å². The molecule has 0 heterocycles. The third-order valence-electron chi connectivity index (χ3n) is 3.54. The first kappa shape index (κ1) is 18.9. The minimum atomic E-state index is -0.669. The number of carbonyl (C=O) groups is 1. The lowest BCUT2D eigenvalue weighted by atomic mass is 10.2. The van der Waals surface area contributed by atoms with Gasteiger partial charge in [0.05, 0.1) is 13.7 Å². The molecule has 2 aromatic rings. The average Bonchev–Trinajstić information content (AvgIpc) is 2.58. The van der Waals surface area contributed by atoms with E-state index in [9.17, 15) is 4.79 Å². The SMILES string of the molecule is CCOc1ccc(NC(=O)C(C)Oc2ccc(Cl)cc2C)cc1OC. The summed E-state index contributed by atoms with van der Waals surface area (Å²) in [5, 5.41) is 3.44. The van der Waals surface area contributed by atoms with Gasteiger partial charge in [-0.2, -0.15) is 0 Å². The number of hydrogen-bond donors (Lipinski definition) is 1. The first-order chi connectivity index (χ1) is 11.9. The molecular formula is C19H22ClNO4. The van der Waals surface area contributed by atoms with Crippen LogP contribution in [-0.2, 0) is 4.79 Å². The quantitative estimate of drug-likeness (QED) is 0.789. The van der Waals surface area contributed by atoms with Gasteiger partial charge >= 0.3 is 0 Å². The highest BCUT2D eigenvalue weighted by atomic mass is 35.5. The van der Waals surface area contributed by atoms with Crippen molar-refractivity contribution in [2.45, 2.75) is 26.9 Å². The van der Waals surface area contributed by atoms with Gasteiger partial charge in [0.25, 0.3) is 5.91 Å². The number of carbonyl (C=O) groups excluding carboxylic acids is 1. The second-order valence-corrected chi connectivity index (χ2v) is 5.89. The number of nitrogens with one attached hydrogen (secondary N) is 1. The lowest BCUT2D eigenvalue weighted by Gasteiger charge is -2.17. The van der Waals surface area contributed by atoms with E-state index < -0.39 is 6.10 Å². The van der Waals surface area contributed by atoms with Gasteiger partial charge < -0.3 is 19.5 Å². The van der Waals surface area contributed by atoms with Crippen molar-refractivity contribution in [3.05, 3.63) is 47.0 Å². The summed E-state index contributed by atoms with van der Waals surface area (Å²) < 4.78 is 16.5. The van der Waals surface area contributed by atoms with Crippen molar-refractivity contribution in [3.63, 3.8) is 0 Å². The maximum Gasteiger partial charge on any atom is 0.265 e. The molecule has 0 aliphatic heterocycles. The Bertz CT molecular complexity index is 748. The topological polar surface area (TPSA) is 56.8 Å². The fourth-order valence-electron chi connectivity index (χ4n) is 2.25. The second kappa shape index (κ2) is 8.62. The van der Waals surface area contributed by atoms with E-state index in [-0.39, 0.29) is 5.91 Å². The van der Waals surface area contributed by atoms with E-state index in [2.05, 4.69) is 5.32 Å². The van der Waals surface area contributed by atoms with Crippen LogP contribution in [0.15, 0.2) is 36.4 Å². The molecular weight excluding hydrogens is 342 g/mol. The van der Waals surface area contributed by atoms with Crippen LogP contribution >= 0.6 is 11.6 Å². The number of amides is 1. The van der Waals surface area contributed by atoms with Crippen LogP contribution in [0.3, 0.4) is 0 Å². The zero-order chi connectivity index (χ0) is 18.4. The molecule has 5 nitrogen and oxygen atoms in total. The number of aryl methyl sites for hydroxylation is 1. The van der Waals surface area contributed by atoms with Crippen LogP contribution in [0.25, 0.3) is 0 Å². The largest absolute Gasteiger partial charge is 0.493 e. The first-order valence-corrected chi connectivity index (χ1v) is 8.37. The van der Waals surface area contributed by atoms with Gasteiger partial charge in [0, 0.05) is 16.8 Å². The van der Waals surface area contributed by atoms with Gasteiger partial charge in [-0.15, -0.1) is 0 Å². The molecule has 1 unspecified atom stereocenters. The molecule has 0 saturated heterocycles. The Balaban J connectivity index is 2.05. The van der Waals surface area contributed by atoms with Crippen LogP contribution < -0.4 is 19.5 Å². The molecule has 1 N–H and O–H groups in total. The van der Waals surface area contributed by atoms with Gasteiger partial charge in [-0.25, -0.2) is 0 Å². The molecule has 0 radical (unpaired) electrons. The fraction of sp³-hybridized carbons (Fsp3) is 0.316. The summed E-state index contributed by atoms with van der Waals surface area (Å²) in [4.78, 5) is 12.4. The molecule has 0 saturated carbocycles. The van der Waals surface area contributed by atoms with Gasteiger partial charge in [-0.3, -0.25) is 4.79 Å². The Morgan fingerprint density at radius 1 is 1.16 bits per heavy atom. The van der Waals surface area contributed by atoms with Gasteiger partial charge in [0.15, 0.2) is 17.6 Å². The van der Waals surface area contributed by atoms with E-state index in [1.165, 1.54) is 0 Å². The smallest absolute Gasteiger partial charge is 0.265 e. The minimum absolute atomic E-state index is 0.263. The number of rotatable bonds is 7. The predicted molar refractivity (Wildman–Crippen MR) is 99.1 cm³/mol. The number of halogens is 1. The summed E-state index contributed by atoms with van der Waals surface area (Å²) in [6, 6.07) is 10.5. The van der Waals surface area contributed by atoms with Crippen LogP contribution in [0.2, 0.25) is 5.02 Å². The number of methoxy groups -OCH3 is 1. The maximum atomic E-state index is 12.4. The van der Waals surface area contributed by atoms with E-state index >= 15 is 0 Å². The van der Waals surface area contributed by atoms with Crippen molar-refractivity contribution in [1.29, 1.82) is 0 Å². The lowest BCUT2D eigenvalue weighted by molar-refractivity contribution is -0.122. The Labute approximate surface area is 152 Å². The first-order valence-electron chi connectivity index (χ1n) is 7.99. The van der Waals surface area contributed by atoms with Crippen LogP contribution in [0.4, 0.5) is 5.69 Å². The zero-order valence-electron chi connectivity index (χ0n) is 14.8. The number of hydrogen-bond acceptors (Lipinski definition) is 4. The Kier molecular flexibility index (Phi) is 6.53. The van der Waals surface area contributed by atoms with Crippen LogP contribution in [-0.4, -0.2) is 25.7 Å². The third kappa shape index (κ3) is 5.03. The van der Waals surface area contributed by atoms with Crippen molar-refractivity contribution in [1.82, 2.24) is 0 Å². The molecule has 25 heavy (non-hydrogen) atoms. The summed E-state index contributed by atoms with van der Waals surface area (Å²) in [6.07, 6.45) is -0.669. The summed E-state index contributed by atoms with van der Waals surface area (Å²) in [7, 11) is 1.55. The minimum Gasteiger partial charge on any atom is -0.493 e. The van der Waals surface area contributed by atoms with E-state index in [1.54, 1.807) is 50.4 Å². The van der Waals surface area contributed by atoms with Gasteiger partial charge in [0.1, 0.15) is 5.75 Å². The monoisotopic (exact) mass is 363 g/mol. The van der Waals surface area contributed by atoms with Crippen molar-refractivity contribution >= 4 is 23.2 Å². The Morgan fingerprint density at radius 2 is 1.88 bits per heavy atom. The third-order valence-corrected chi connectivity index (χ3v) is 3.78. The Hall–Kier alpha value is -2.40. The second-order valence-electron chi connectivity index (χ2n) is 5.46. The molecule has 0 aliphatic rings. The number of benzene rings is 2. The van der Waals surface area contributed by atoms with Crippen molar-refractivity contribution in [2.75, 3.05) is 19.0 Å². The van der Waals surface area contributed by atoms with Crippen molar-refractivity contribution in [2.24, 2.45) is 0 Å². The zero-order valence-corrected chi connectivity index (χ0v) is 15.5. The molecule has 0 aromatic heterocycles. The average molecular weight is 364 g/mol. The van der Waals surface area contributed by atoms with Gasteiger partial charge in [-0.05, 0) is 56.7 Å². The van der Waals surface area contributed by atoms with E-state index in [4.69, 9.17) is 25.8 Å². The molecule has 1 atom stereocenters. The van der Waals surface area contributed by atoms with Crippen molar-refractivity contribution < 1.29 is 19.0 Å². The summed E-state index contributed by atoms with van der Waals surface area (Å²) in [5.74, 6) is 1.54.